The number of rotatable bonds is 6. The van der Waals surface area contributed by atoms with Gasteiger partial charge in [0.1, 0.15) is 0 Å². The van der Waals surface area contributed by atoms with Crippen LogP contribution in [0, 0.1) is 0 Å². The minimum atomic E-state index is -3.29. The van der Waals surface area contributed by atoms with Gasteiger partial charge in [-0.15, -0.1) is 0 Å². The summed E-state index contributed by atoms with van der Waals surface area (Å²) >= 11 is 6.03. The number of nitrogens with one attached hydrogen (secondary N) is 2. The Kier molecular flexibility index (Phi) is 6.88. The van der Waals surface area contributed by atoms with Crippen molar-refractivity contribution in [1.29, 1.82) is 0 Å². The fourth-order valence-corrected chi connectivity index (χ4v) is 3.28. The van der Waals surface area contributed by atoms with Crippen molar-refractivity contribution in [3.05, 3.63) is 64.7 Å². The van der Waals surface area contributed by atoms with E-state index in [0.717, 1.165) is 23.3 Å². The molecule has 0 saturated carbocycles. The predicted octanol–water partition coefficient (Wildman–Crippen LogP) is 2.92. The number of aliphatic imine (C=N–C) groups is 1. The molecule has 26 heavy (non-hydrogen) atoms. The Morgan fingerprint density at radius 1 is 1.15 bits per heavy atom. The zero-order valence-electron chi connectivity index (χ0n) is 15.0. The number of hydrogen-bond acceptors (Lipinski definition) is 3. The lowest BCUT2D eigenvalue weighted by Crippen LogP contribution is -2.38. The van der Waals surface area contributed by atoms with Gasteiger partial charge in [0.25, 0.3) is 0 Å². The second kappa shape index (κ2) is 8.91. The van der Waals surface area contributed by atoms with Crippen LogP contribution in [0.2, 0.25) is 5.02 Å². The molecule has 0 aromatic heterocycles. The SMILES string of the molecule is CN=C(NCc1cccc(NS(C)(=O)=O)c1)N(C)Cc1cccc(Cl)c1. The van der Waals surface area contributed by atoms with Crippen molar-refractivity contribution in [2.24, 2.45) is 4.99 Å². The first kappa shape index (κ1) is 20.1. The lowest BCUT2D eigenvalue weighted by Gasteiger charge is -2.22. The second-order valence-electron chi connectivity index (χ2n) is 5.96. The van der Waals surface area contributed by atoms with Crippen LogP contribution < -0.4 is 10.0 Å². The van der Waals surface area contributed by atoms with Crippen LogP contribution in [0.5, 0.6) is 0 Å². The van der Waals surface area contributed by atoms with Gasteiger partial charge in [0.2, 0.25) is 10.0 Å². The van der Waals surface area contributed by atoms with Crippen molar-refractivity contribution in [2.45, 2.75) is 13.1 Å². The normalized spacial score (nSPS) is 11.9. The van der Waals surface area contributed by atoms with E-state index in [4.69, 9.17) is 11.6 Å². The summed E-state index contributed by atoms with van der Waals surface area (Å²) in [4.78, 5) is 6.28. The molecule has 0 amide bonds. The molecule has 0 bridgehead atoms. The maximum atomic E-state index is 11.3. The Labute approximate surface area is 159 Å². The van der Waals surface area contributed by atoms with Gasteiger partial charge in [0, 0.05) is 37.9 Å². The molecule has 0 heterocycles. The molecule has 0 atom stereocenters. The van der Waals surface area contributed by atoms with Crippen molar-refractivity contribution >= 4 is 33.3 Å². The van der Waals surface area contributed by atoms with Gasteiger partial charge in [-0.05, 0) is 35.4 Å². The number of anilines is 1. The summed E-state index contributed by atoms with van der Waals surface area (Å²) in [6, 6.07) is 14.9. The molecule has 2 aromatic carbocycles. The first-order valence-electron chi connectivity index (χ1n) is 8.00. The topological polar surface area (TPSA) is 73.8 Å². The van der Waals surface area contributed by atoms with Crippen LogP contribution in [0.25, 0.3) is 0 Å². The molecule has 2 rings (SSSR count). The number of nitrogens with zero attached hydrogens (tertiary/aromatic N) is 2. The highest BCUT2D eigenvalue weighted by Crippen LogP contribution is 2.13. The van der Waals surface area contributed by atoms with Crippen molar-refractivity contribution < 1.29 is 8.42 Å². The maximum Gasteiger partial charge on any atom is 0.229 e. The number of guanidine groups is 1. The van der Waals surface area contributed by atoms with Crippen LogP contribution in [0.4, 0.5) is 5.69 Å². The Bertz CT molecular complexity index is 884. The van der Waals surface area contributed by atoms with Gasteiger partial charge in [-0.1, -0.05) is 35.9 Å². The molecule has 6 nitrogen and oxygen atoms in total. The molecule has 0 unspecified atom stereocenters. The third-order valence-corrected chi connectivity index (χ3v) is 4.40. The zero-order chi connectivity index (χ0) is 19.2. The summed E-state index contributed by atoms with van der Waals surface area (Å²) in [5.41, 5.74) is 2.56. The summed E-state index contributed by atoms with van der Waals surface area (Å²) < 4.78 is 25.2. The molecule has 0 radical (unpaired) electrons. The molecule has 0 aliphatic rings. The minimum Gasteiger partial charge on any atom is -0.352 e. The van der Waals surface area contributed by atoms with Crippen LogP contribution in [-0.2, 0) is 23.1 Å². The molecular weight excluding hydrogens is 372 g/mol. The molecule has 0 aliphatic carbocycles. The molecule has 140 valence electrons. The van der Waals surface area contributed by atoms with Crippen LogP contribution in [0.3, 0.4) is 0 Å². The van der Waals surface area contributed by atoms with Crippen molar-refractivity contribution in [1.82, 2.24) is 10.2 Å². The predicted molar refractivity (Wildman–Crippen MR) is 108 cm³/mol. The maximum absolute atomic E-state index is 11.3. The highest BCUT2D eigenvalue weighted by Gasteiger charge is 2.08. The summed E-state index contributed by atoms with van der Waals surface area (Å²) in [7, 11) is 0.368. The van der Waals surface area contributed by atoms with Crippen LogP contribution in [0.15, 0.2) is 53.5 Å². The number of sulfonamides is 1. The van der Waals surface area contributed by atoms with Gasteiger partial charge in [-0.2, -0.15) is 0 Å². The van der Waals surface area contributed by atoms with E-state index >= 15 is 0 Å². The standard InChI is InChI=1S/C18H23ClN4O2S/c1-20-18(23(2)13-15-7-4-8-16(19)10-15)21-12-14-6-5-9-17(11-14)22-26(3,24)25/h4-11,22H,12-13H2,1-3H3,(H,20,21). The van der Waals surface area contributed by atoms with Crippen LogP contribution in [-0.4, -0.2) is 39.6 Å². The van der Waals surface area contributed by atoms with Crippen LogP contribution in [0.1, 0.15) is 11.1 Å². The third kappa shape index (κ3) is 6.57. The van der Waals surface area contributed by atoms with Gasteiger partial charge in [0.05, 0.1) is 6.26 Å². The fourth-order valence-electron chi connectivity index (χ4n) is 2.51. The summed E-state index contributed by atoms with van der Waals surface area (Å²) in [6.07, 6.45) is 1.13. The molecule has 8 heteroatoms. The van der Waals surface area contributed by atoms with E-state index < -0.39 is 10.0 Å². The largest absolute Gasteiger partial charge is 0.352 e. The van der Waals surface area contributed by atoms with Crippen LogP contribution >= 0.6 is 11.6 Å². The molecule has 2 N–H and O–H groups in total. The Morgan fingerprint density at radius 3 is 2.50 bits per heavy atom. The Balaban J connectivity index is 1.99. The highest BCUT2D eigenvalue weighted by atomic mass is 35.5. The molecule has 0 spiro atoms. The van der Waals surface area contributed by atoms with Crippen molar-refractivity contribution in [2.75, 3.05) is 25.1 Å². The van der Waals surface area contributed by atoms with Gasteiger partial charge < -0.3 is 10.2 Å². The lowest BCUT2D eigenvalue weighted by molar-refractivity contribution is 0.476. The second-order valence-corrected chi connectivity index (χ2v) is 8.15. The van der Waals surface area contributed by atoms with E-state index in [-0.39, 0.29) is 0 Å². The average molecular weight is 395 g/mol. The monoisotopic (exact) mass is 394 g/mol. The van der Waals surface area contributed by atoms with E-state index in [1.54, 1.807) is 19.2 Å². The Hall–Kier alpha value is -2.25. The highest BCUT2D eigenvalue weighted by molar-refractivity contribution is 7.92. The summed E-state index contributed by atoms with van der Waals surface area (Å²) in [6.45, 7) is 1.18. The number of halogens is 1. The Morgan fingerprint density at radius 2 is 1.85 bits per heavy atom. The van der Waals surface area contributed by atoms with Crippen molar-refractivity contribution in [3.63, 3.8) is 0 Å². The van der Waals surface area contributed by atoms with E-state index in [0.29, 0.717) is 23.8 Å². The first-order valence-corrected chi connectivity index (χ1v) is 10.3. The molecule has 0 saturated heterocycles. The summed E-state index contributed by atoms with van der Waals surface area (Å²) in [5, 5.41) is 3.98. The van der Waals surface area contributed by atoms with Gasteiger partial charge >= 0.3 is 0 Å². The van der Waals surface area contributed by atoms with Gasteiger partial charge in [-0.25, -0.2) is 8.42 Å². The fraction of sp³-hybridized carbons (Fsp3) is 0.278. The average Bonchev–Trinajstić information content (AvgIpc) is 2.54. The smallest absolute Gasteiger partial charge is 0.229 e. The molecule has 2 aromatic rings. The lowest BCUT2D eigenvalue weighted by atomic mass is 10.2. The quantitative estimate of drug-likeness (QED) is 0.583. The van der Waals surface area contributed by atoms with E-state index in [9.17, 15) is 8.42 Å². The van der Waals surface area contributed by atoms with Crippen molar-refractivity contribution in [3.8, 4) is 0 Å². The van der Waals surface area contributed by atoms with Gasteiger partial charge in [-0.3, -0.25) is 9.71 Å². The number of hydrogen-bond donors (Lipinski definition) is 2. The van der Waals surface area contributed by atoms with E-state index in [2.05, 4.69) is 15.0 Å². The van der Waals surface area contributed by atoms with E-state index in [1.807, 2.05) is 48.3 Å². The summed E-state index contributed by atoms with van der Waals surface area (Å²) in [5.74, 6) is 0.728. The minimum absolute atomic E-state index is 0.520. The zero-order valence-corrected chi connectivity index (χ0v) is 16.6. The first-order chi connectivity index (χ1) is 12.3. The molecule has 0 fully saturated rings. The number of benzene rings is 2. The third-order valence-electron chi connectivity index (χ3n) is 3.56. The van der Waals surface area contributed by atoms with E-state index in [1.165, 1.54) is 0 Å². The van der Waals surface area contributed by atoms with Gasteiger partial charge in [0.15, 0.2) is 5.96 Å². The molecule has 0 aliphatic heterocycles. The molecular formula is C18H23ClN4O2S.